The van der Waals surface area contributed by atoms with E-state index >= 15 is 0 Å². The van der Waals surface area contributed by atoms with Gasteiger partial charge in [0.25, 0.3) is 11.6 Å². The number of aryl methyl sites for hydroxylation is 1. The first-order chi connectivity index (χ1) is 15.3. The van der Waals surface area contributed by atoms with Crippen LogP contribution in [-0.2, 0) is 4.79 Å². The maximum atomic E-state index is 12.9. The van der Waals surface area contributed by atoms with Crippen molar-refractivity contribution in [3.63, 3.8) is 0 Å². The molecule has 0 radical (unpaired) electrons. The summed E-state index contributed by atoms with van der Waals surface area (Å²) in [5.74, 6) is -0.253. The molecular weight excluding hydrogens is 450 g/mol. The number of carbonyl (C=O) groups excluding carboxylic acids is 2. The summed E-state index contributed by atoms with van der Waals surface area (Å²) in [6.45, 7) is 8.27. The quantitative estimate of drug-likeness (QED) is 0.459. The molecule has 1 aromatic heterocycles. The van der Waals surface area contributed by atoms with Crippen molar-refractivity contribution in [2.24, 2.45) is 0 Å². The van der Waals surface area contributed by atoms with Gasteiger partial charge in [-0.15, -0.1) is 11.3 Å². The number of nitro groups is 1. The molecule has 1 saturated heterocycles. The molecule has 9 nitrogen and oxygen atoms in total. The Labute approximate surface area is 195 Å². The molecule has 1 aliphatic rings. The summed E-state index contributed by atoms with van der Waals surface area (Å²) in [5, 5.41) is 16.5. The number of piperazine rings is 1. The van der Waals surface area contributed by atoms with Gasteiger partial charge >= 0.3 is 0 Å². The van der Waals surface area contributed by atoms with Crippen molar-refractivity contribution in [3.05, 3.63) is 45.0 Å². The van der Waals surface area contributed by atoms with Gasteiger partial charge in [-0.25, -0.2) is 4.98 Å². The third kappa shape index (κ3) is 6.27. The summed E-state index contributed by atoms with van der Waals surface area (Å²) in [5.41, 5.74) is 1.05. The summed E-state index contributed by atoms with van der Waals surface area (Å²) in [6, 6.07) is 4.73. The molecule has 1 N–H and O–H groups in total. The highest BCUT2D eigenvalue weighted by Crippen LogP contribution is 2.37. The summed E-state index contributed by atoms with van der Waals surface area (Å²) in [6.07, 6.45) is 0.876. The predicted molar refractivity (Wildman–Crippen MR) is 124 cm³/mol. The first-order valence-electron chi connectivity index (χ1n) is 10.5. The fourth-order valence-electron chi connectivity index (χ4n) is 3.27. The second-order valence-electron chi connectivity index (χ2n) is 7.74. The lowest BCUT2D eigenvalue weighted by Crippen LogP contribution is -2.51. The van der Waals surface area contributed by atoms with Gasteiger partial charge in [0.15, 0.2) is 4.34 Å². The van der Waals surface area contributed by atoms with Crippen LogP contribution in [0.3, 0.4) is 0 Å². The molecule has 2 amide bonds. The van der Waals surface area contributed by atoms with E-state index in [0.717, 1.165) is 16.5 Å². The molecule has 2 heterocycles. The standard InChI is InChI=1S/C21H27N5O4S2/c1-4-14(2)22-19(27)12-24-7-9-25(10-8-24)20(28)16-5-6-18(17(11-16)26(29)30)32-21-23-15(3)13-31-21/h5-6,11,13-14H,4,7-10,12H2,1-3H3,(H,22,27). The van der Waals surface area contributed by atoms with Crippen LogP contribution in [0, 0.1) is 17.0 Å². The highest BCUT2D eigenvalue weighted by molar-refractivity contribution is 8.01. The van der Waals surface area contributed by atoms with Crippen LogP contribution in [0.15, 0.2) is 32.8 Å². The SMILES string of the molecule is CCC(C)NC(=O)CN1CCN(C(=O)c2ccc(Sc3nc(C)cs3)c([N+](=O)[O-])c2)CC1. The fourth-order valence-corrected chi connectivity index (χ4v) is 5.15. The minimum atomic E-state index is -0.465. The molecule has 1 aliphatic heterocycles. The van der Waals surface area contributed by atoms with Gasteiger partial charge < -0.3 is 10.2 Å². The van der Waals surface area contributed by atoms with Crippen molar-refractivity contribution < 1.29 is 14.5 Å². The number of amides is 2. The molecule has 0 saturated carbocycles. The molecule has 1 unspecified atom stereocenters. The van der Waals surface area contributed by atoms with E-state index in [2.05, 4.69) is 10.3 Å². The minimum Gasteiger partial charge on any atom is -0.353 e. The maximum Gasteiger partial charge on any atom is 0.284 e. The van der Waals surface area contributed by atoms with E-state index in [9.17, 15) is 19.7 Å². The number of thiazole rings is 1. The highest BCUT2D eigenvalue weighted by atomic mass is 32.2. The topological polar surface area (TPSA) is 109 Å². The van der Waals surface area contributed by atoms with Crippen LogP contribution in [0.1, 0.15) is 36.3 Å². The van der Waals surface area contributed by atoms with Gasteiger partial charge in [-0.1, -0.05) is 18.7 Å². The second-order valence-corrected chi connectivity index (χ2v) is 9.89. The second kappa shape index (κ2) is 10.9. The Balaban J connectivity index is 1.62. The zero-order chi connectivity index (χ0) is 23.3. The van der Waals surface area contributed by atoms with Gasteiger partial charge in [0.05, 0.1) is 16.4 Å². The van der Waals surface area contributed by atoms with E-state index < -0.39 is 4.92 Å². The van der Waals surface area contributed by atoms with Crippen molar-refractivity contribution in [1.82, 2.24) is 20.1 Å². The number of nitrogens with one attached hydrogen (secondary N) is 1. The molecule has 2 aromatic rings. The third-order valence-corrected chi connectivity index (χ3v) is 7.37. The van der Waals surface area contributed by atoms with Crippen molar-refractivity contribution in [2.45, 2.75) is 42.5 Å². The molecular formula is C21H27N5O4S2. The molecule has 1 fully saturated rings. The van der Waals surface area contributed by atoms with Crippen molar-refractivity contribution in [1.29, 1.82) is 0 Å². The molecule has 0 bridgehead atoms. The average molecular weight is 478 g/mol. The number of aromatic nitrogens is 1. The van der Waals surface area contributed by atoms with Crippen LogP contribution in [0.5, 0.6) is 0 Å². The van der Waals surface area contributed by atoms with Gasteiger partial charge in [-0.3, -0.25) is 24.6 Å². The molecule has 1 atom stereocenters. The molecule has 11 heteroatoms. The monoisotopic (exact) mass is 477 g/mol. The average Bonchev–Trinajstić information content (AvgIpc) is 3.18. The van der Waals surface area contributed by atoms with Gasteiger partial charge in [-0.05, 0) is 32.4 Å². The van der Waals surface area contributed by atoms with E-state index in [1.807, 2.05) is 31.1 Å². The first-order valence-corrected chi connectivity index (χ1v) is 12.2. The number of rotatable bonds is 8. The normalized spacial score (nSPS) is 15.4. The van der Waals surface area contributed by atoms with Gasteiger partial charge in [0, 0.05) is 54.9 Å². The van der Waals surface area contributed by atoms with Crippen LogP contribution in [-0.4, -0.2) is 70.3 Å². The van der Waals surface area contributed by atoms with E-state index in [4.69, 9.17) is 0 Å². The highest BCUT2D eigenvalue weighted by Gasteiger charge is 2.26. The Morgan fingerprint density at radius 3 is 2.62 bits per heavy atom. The van der Waals surface area contributed by atoms with E-state index in [-0.39, 0.29) is 23.5 Å². The van der Waals surface area contributed by atoms with Crippen molar-refractivity contribution in [2.75, 3.05) is 32.7 Å². The molecule has 3 rings (SSSR count). The number of carbonyl (C=O) groups is 2. The molecule has 0 spiro atoms. The number of hydrogen-bond donors (Lipinski definition) is 1. The van der Waals surface area contributed by atoms with Crippen molar-refractivity contribution in [3.8, 4) is 0 Å². The lowest BCUT2D eigenvalue weighted by atomic mass is 10.1. The summed E-state index contributed by atoms with van der Waals surface area (Å²) < 4.78 is 0.721. The van der Waals surface area contributed by atoms with E-state index in [0.29, 0.717) is 43.2 Å². The molecule has 1 aromatic carbocycles. The van der Waals surface area contributed by atoms with Crippen molar-refractivity contribution >= 4 is 40.6 Å². The lowest BCUT2D eigenvalue weighted by Gasteiger charge is -2.34. The Hall–Kier alpha value is -2.50. The number of hydrogen-bond acceptors (Lipinski definition) is 8. The third-order valence-electron chi connectivity index (χ3n) is 5.24. The largest absolute Gasteiger partial charge is 0.353 e. The van der Waals surface area contributed by atoms with Crippen LogP contribution >= 0.6 is 23.1 Å². The molecule has 0 aliphatic carbocycles. The van der Waals surface area contributed by atoms with Crippen LogP contribution in [0.25, 0.3) is 0 Å². The Bertz CT molecular complexity index is 988. The summed E-state index contributed by atoms with van der Waals surface area (Å²) in [4.78, 5) is 44.7. The molecule has 172 valence electrons. The minimum absolute atomic E-state index is 0.0155. The zero-order valence-corrected chi connectivity index (χ0v) is 20.0. The van der Waals surface area contributed by atoms with Gasteiger partial charge in [0.1, 0.15) is 0 Å². The van der Waals surface area contributed by atoms with E-state index in [1.165, 1.54) is 29.2 Å². The summed E-state index contributed by atoms with van der Waals surface area (Å²) in [7, 11) is 0. The smallest absolute Gasteiger partial charge is 0.284 e. The fraction of sp³-hybridized carbons (Fsp3) is 0.476. The Morgan fingerprint density at radius 2 is 2.03 bits per heavy atom. The lowest BCUT2D eigenvalue weighted by molar-refractivity contribution is -0.387. The number of nitro benzene ring substituents is 1. The van der Waals surface area contributed by atoms with Crippen LogP contribution in [0.2, 0.25) is 0 Å². The molecule has 32 heavy (non-hydrogen) atoms. The van der Waals surface area contributed by atoms with Gasteiger partial charge in [-0.2, -0.15) is 0 Å². The zero-order valence-electron chi connectivity index (χ0n) is 18.4. The van der Waals surface area contributed by atoms with Gasteiger partial charge in [0.2, 0.25) is 5.91 Å². The predicted octanol–water partition coefficient (Wildman–Crippen LogP) is 3.18. The first kappa shape index (κ1) is 24.1. The summed E-state index contributed by atoms with van der Waals surface area (Å²) >= 11 is 2.65. The van der Waals surface area contributed by atoms with Crippen LogP contribution in [0.4, 0.5) is 5.69 Å². The maximum absolute atomic E-state index is 12.9. The number of nitrogens with zero attached hydrogens (tertiary/aromatic N) is 4. The number of benzene rings is 1. The van der Waals surface area contributed by atoms with Crippen LogP contribution < -0.4 is 5.32 Å². The Kier molecular flexibility index (Phi) is 8.21. The Morgan fingerprint density at radius 1 is 1.31 bits per heavy atom. The van der Waals surface area contributed by atoms with E-state index in [1.54, 1.807) is 17.0 Å².